The summed E-state index contributed by atoms with van der Waals surface area (Å²) in [6, 6.07) is 7.72. The second-order valence-electron chi connectivity index (χ2n) is 6.00. The number of rotatable bonds is 8. The first-order valence-electron chi connectivity index (χ1n) is 8.61. The smallest absolute Gasteiger partial charge is 0.475 e. The minimum Gasteiger partial charge on any atom is -0.475 e. The van der Waals surface area contributed by atoms with Crippen molar-refractivity contribution in [1.82, 2.24) is 5.32 Å². The number of benzene rings is 1. The number of hydrogen-bond acceptors (Lipinski definition) is 6. The largest absolute Gasteiger partial charge is 0.490 e. The SMILES string of the molecule is C#CC(I)OC(=O)[C@@H](NC(=O)[C@H](C)N)C(C)OCc1ccccc1.O=C(O)C(F)(F)F. The molecule has 4 N–H and O–H groups in total. The molecule has 0 aliphatic heterocycles. The predicted molar refractivity (Wildman–Crippen MR) is 113 cm³/mol. The molecular formula is C19H22F3IN2O6. The van der Waals surface area contributed by atoms with E-state index in [2.05, 4.69) is 11.2 Å². The summed E-state index contributed by atoms with van der Waals surface area (Å²) in [7, 11) is 0. The van der Waals surface area contributed by atoms with Crippen LogP contribution in [0.5, 0.6) is 0 Å². The average Bonchev–Trinajstić information content (AvgIpc) is 2.70. The van der Waals surface area contributed by atoms with Crippen molar-refractivity contribution >= 4 is 40.4 Å². The molecule has 0 spiro atoms. The molecule has 31 heavy (non-hydrogen) atoms. The van der Waals surface area contributed by atoms with Gasteiger partial charge in [0, 0.05) is 0 Å². The van der Waals surface area contributed by atoms with Crippen LogP contribution in [0.3, 0.4) is 0 Å². The van der Waals surface area contributed by atoms with Crippen molar-refractivity contribution in [2.75, 3.05) is 0 Å². The van der Waals surface area contributed by atoms with Crippen LogP contribution in [0, 0.1) is 12.3 Å². The first-order valence-corrected chi connectivity index (χ1v) is 9.86. The normalized spacial score (nSPS) is 14.5. The topological polar surface area (TPSA) is 128 Å². The van der Waals surface area contributed by atoms with Crippen LogP contribution in [-0.4, -0.2) is 51.4 Å². The Kier molecular flexibility index (Phi) is 12.8. The number of ether oxygens (including phenoxy) is 2. The minimum absolute atomic E-state index is 0.294. The lowest BCUT2D eigenvalue weighted by Crippen LogP contribution is -2.53. The summed E-state index contributed by atoms with van der Waals surface area (Å²) in [4.78, 5) is 33.0. The third-order valence-corrected chi connectivity index (χ3v) is 4.00. The number of carbonyl (C=O) groups excluding carboxylic acids is 2. The fraction of sp³-hybridized carbons (Fsp3) is 0.421. The van der Waals surface area contributed by atoms with Crippen LogP contribution in [0.25, 0.3) is 0 Å². The van der Waals surface area contributed by atoms with Gasteiger partial charge < -0.3 is 25.6 Å². The summed E-state index contributed by atoms with van der Waals surface area (Å²) < 4.78 is 41.8. The lowest BCUT2D eigenvalue weighted by molar-refractivity contribution is -0.192. The predicted octanol–water partition coefficient (Wildman–Crippen LogP) is 1.99. The highest BCUT2D eigenvalue weighted by atomic mass is 127. The molecule has 1 amide bonds. The zero-order chi connectivity index (χ0) is 24.2. The quantitative estimate of drug-likeness (QED) is 0.193. The molecule has 0 saturated carbocycles. The van der Waals surface area contributed by atoms with E-state index in [1.54, 1.807) is 29.5 Å². The number of nitrogens with one attached hydrogen (secondary N) is 1. The van der Waals surface area contributed by atoms with Gasteiger partial charge in [0.05, 0.1) is 18.8 Å². The molecule has 0 fully saturated rings. The van der Waals surface area contributed by atoms with Crippen molar-refractivity contribution in [2.45, 2.75) is 48.9 Å². The summed E-state index contributed by atoms with van der Waals surface area (Å²) in [5.74, 6) is -1.61. The highest BCUT2D eigenvalue weighted by molar-refractivity contribution is 14.1. The summed E-state index contributed by atoms with van der Waals surface area (Å²) in [6.07, 6.45) is -0.499. The molecule has 2 unspecified atom stereocenters. The fourth-order valence-electron chi connectivity index (χ4n) is 1.76. The van der Waals surface area contributed by atoms with Crippen molar-refractivity contribution in [3.8, 4) is 12.3 Å². The summed E-state index contributed by atoms with van der Waals surface area (Å²) in [5, 5.41) is 9.67. The number of amides is 1. The maximum atomic E-state index is 12.3. The Labute approximate surface area is 190 Å². The van der Waals surface area contributed by atoms with E-state index in [1.807, 2.05) is 30.3 Å². The van der Waals surface area contributed by atoms with Gasteiger partial charge in [0.25, 0.3) is 0 Å². The van der Waals surface area contributed by atoms with Crippen LogP contribution in [-0.2, 0) is 30.5 Å². The first kappa shape index (κ1) is 28.6. The average molecular weight is 558 g/mol. The highest BCUT2D eigenvalue weighted by Gasteiger charge is 2.38. The molecule has 1 rings (SSSR count). The standard InChI is InChI=1S/C17H21IN2O4.C2HF3O2/c1-4-14(18)24-17(22)15(20-16(21)11(2)19)12(3)23-10-13-8-6-5-7-9-13;3-2(4,5)1(6)7/h1,5-9,11-12,14-15H,10,19H2,2-3H3,(H,20,21);(H,6,7)/t11-,12?,14?,15-;/m0./s1. The van der Waals surface area contributed by atoms with Crippen LogP contribution in [0.15, 0.2) is 30.3 Å². The minimum atomic E-state index is -5.08. The van der Waals surface area contributed by atoms with Crippen molar-refractivity contribution in [3.63, 3.8) is 0 Å². The molecule has 0 radical (unpaired) electrons. The Bertz CT molecular complexity index is 768. The summed E-state index contributed by atoms with van der Waals surface area (Å²) in [5.41, 5.74) is 6.49. The molecule has 0 heterocycles. The lowest BCUT2D eigenvalue weighted by Gasteiger charge is -2.25. The number of carbonyl (C=O) groups is 3. The molecule has 0 bridgehead atoms. The molecule has 0 aromatic heterocycles. The second-order valence-corrected chi connectivity index (χ2v) is 7.13. The number of aliphatic carboxylic acids is 1. The number of nitrogens with two attached hydrogens (primary N) is 1. The van der Waals surface area contributed by atoms with Gasteiger partial charge in [0.2, 0.25) is 10.0 Å². The molecule has 12 heteroatoms. The van der Waals surface area contributed by atoms with E-state index in [-0.39, 0.29) is 0 Å². The zero-order valence-electron chi connectivity index (χ0n) is 16.6. The number of carboxylic acid groups (broad SMARTS) is 1. The number of esters is 1. The molecular weight excluding hydrogens is 536 g/mol. The fourth-order valence-corrected chi connectivity index (χ4v) is 2.01. The summed E-state index contributed by atoms with van der Waals surface area (Å²) in [6.45, 7) is 3.49. The number of hydrogen-bond donors (Lipinski definition) is 3. The Morgan fingerprint density at radius 3 is 2.19 bits per heavy atom. The van der Waals surface area contributed by atoms with Gasteiger partial charge in [-0.05, 0) is 42.0 Å². The van der Waals surface area contributed by atoms with E-state index in [4.69, 9.17) is 31.5 Å². The molecule has 4 atom stereocenters. The molecule has 0 aliphatic carbocycles. The molecule has 8 nitrogen and oxygen atoms in total. The van der Waals surface area contributed by atoms with Crippen molar-refractivity contribution in [3.05, 3.63) is 35.9 Å². The van der Waals surface area contributed by atoms with Crippen molar-refractivity contribution in [2.24, 2.45) is 5.73 Å². The molecule has 0 saturated heterocycles. The van der Waals surface area contributed by atoms with Gasteiger partial charge in [0.1, 0.15) is 0 Å². The van der Waals surface area contributed by atoms with Gasteiger partial charge in [-0.15, -0.1) is 6.42 Å². The monoisotopic (exact) mass is 558 g/mol. The number of halogens is 4. The van der Waals surface area contributed by atoms with Crippen LogP contribution in [0.2, 0.25) is 0 Å². The first-order chi connectivity index (χ1) is 14.3. The second kappa shape index (κ2) is 13.8. The summed E-state index contributed by atoms with van der Waals surface area (Å²) >= 11 is 1.80. The number of terminal acetylenes is 1. The Morgan fingerprint density at radius 2 is 1.77 bits per heavy atom. The Balaban J connectivity index is 0.00000110. The zero-order valence-corrected chi connectivity index (χ0v) is 18.7. The van der Waals surface area contributed by atoms with Crippen LogP contribution >= 0.6 is 22.6 Å². The van der Waals surface area contributed by atoms with E-state index in [1.165, 1.54) is 6.92 Å². The van der Waals surface area contributed by atoms with Crippen molar-refractivity contribution < 1.29 is 42.1 Å². The van der Waals surface area contributed by atoms with E-state index < -0.39 is 46.3 Å². The molecule has 172 valence electrons. The van der Waals surface area contributed by atoms with E-state index in [0.29, 0.717) is 6.61 Å². The van der Waals surface area contributed by atoms with Crippen LogP contribution < -0.4 is 11.1 Å². The highest BCUT2D eigenvalue weighted by Crippen LogP contribution is 2.13. The number of carboxylic acids is 1. The van der Waals surface area contributed by atoms with Gasteiger partial charge in [-0.25, -0.2) is 9.59 Å². The number of alkyl halides is 4. The molecule has 0 aliphatic rings. The maximum absolute atomic E-state index is 12.3. The van der Waals surface area contributed by atoms with E-state index in [9.17, 15) is 22.8 Å². The molecule has 1 aromatic rings. The van der Waals surface area contributed by atoms with Gasteiger partial charge in [-0.1, -0.05) is 36.3 Å². The third kappa shape index (κ3) is 12.2. The maximum Gasteiger partial charge on any atom is 0.490 e. The lowest BCUT2D eigenvalue weighted by atomic mass is 10.1. The third-order valence-electron chi connectivity index (χ3n) is 3.38. The van der Waals surface area contributed by atoms with Gasteiger partial charge >= 0.3 is 18.1 Å². The molecule has 1 aromatic carbocycles. The van der Waals surface area contributed by atoms with E-state index >= 15 is 0 Å². The van der Waals surface area contributed by atoms with Crippen LogP contribution in [0.4, 0.5) is 13.2 Å². The Morgan fingerprint density at radius 1 is 1.26 bits per heavy atom. The van der Waals surface area contributed by atoms with Crippen molar-refractivity contribution in [1.29, 1.82) is 0 Å². The van der Waals surface area contributed by atoms with Gasteiger partial charge in [-0.2, -0.15) is 13.2 Å². The van der Waals surface area contributed by atoms with Crippen LogP contribution in [0.1, 0.15) is 19.4 Å². The van der Waals surface area contributed by atoms with Gasteiger partial charge in [0.15, 0.2) is 6.04 Å². The van der Waals surface area contributed by atoms with E-state index in [0.717, 1.165) is 5.56 Å². The Hall–Kier alpha value is -2.37. The van der Waals surface area contributed by atoms with Gasteiger partial charge in [-0.3, -0.25) is 4.79 Å².